The first-order chi connectivity index (χ1) is 13.2. The van der Waals surface area contributed by atoms with Crippen molar-refractivity contribution in [3.8, 4) is 5.69 Å². The van der Waals surface area contributed by atoms with E-state index in [0.29, 0.717) is 10.3 Å². The molecule has 138 valence electrons. The Morgan fingerprint density at radius 2 is 1.78 bits per heavy atom. The number of nitrogens with zero attached hydrogens (tertiary/aromatic N) is 7. The Bertz CT molecular complexity index is 924. The second-order valence-corrected chi connectivity index (χ2v) is 7.07. The van der Waals surface area contributed by atoms with Gasteiger partial charge in [0.05, 0.1) is 11.5 Å². The quantitative estimate of drug-likeness (QED) is 0.364. The van der Waals surface area contributed by atoms with E-state index in [2.05, 4.69) is 25.1 Å². The van der Waals surface area contributed by atoms with Gasteiger partial charge in [0.25, 0.3) is 0 Å². The van der Waals surface area contributed by atoms with Crippen molar-refractivity contribution in [1.82, 2.24) is 29.6 Å². The molecule has 1 fully saturated rings. The molecule has 0 bridgehead atoms. The van der Waals surface area contributed by atoms with Crippen LogP contribution < -0.4 is 0 Å². The molecule has 1 aliphatic heterocycles. The van der Waals surface area contributed by atoms with Crippen LogP contribution in [0.2, 0.25) is 0 Å². The van der Waals surface area contributed by atoms with Crippen LogP contribution in [0.1, 0.15) is 18.7 Å². The summed E-state index contributed by atoms with van der Waals surface area (Å²) in [6.07, 6.45) is 4.81. The van der Waals surface area contributed by atoms with E-state index >= 15 is 0 Å². The number of likely N-dealkylation sites (tertiary alicyclic amines) is 1. The molecule has 0 radical (unpaired) electrons. The van der Waals surface area contributed by atoms with Crippen molar-refractivity contribution >= 4 is 17.4 Å². The molecule has 2 aromatic heterocycles. The molecule has 0 unspecified atom stereocenters. The van der Waals surface area contributed by atoms with Crippen LogP contribution in [0.5, 0.6) is 0 Å². The van der Waals surface area contributed by atoms with Gasteiger partial charge in [-0.05, 0) is 49.8 Å². The van der Waals surface area contributed by atoms with Gasteiger partial charge >= 0.3 is 5.69 Å². The molecule has 0 saturated carbocycles. The smallest absolute Gasteiger partial charge is 0.296 e. The minimum atomic E-state index is -0.519. The fourth-order valence-corrected chi connectivity index (χ4v) is 3.74. The molecule has 4 rings (SSSR count). The number of nitro groups is 1. The summed E-state index contributed by atoms with van der Waals surface area (Å²) in [5.74, 6) is 0.854. The predicted octanol–water partition coefficient (Wildman–Crippen LogP) is 2.71. The topological polar surface area (TPSA) is 103 Å². The van der Waals surface area contributed by atoms with Crippen molar-refractivity contribution in [1.29, 1.82) is 0 Å². The standard InChI is InChI=1S/C17H17N7O2S/c25-24(26)14-10-18-16(19-11-14)27-17-21-20-15(12-22-8-4-5-9-22)23(17)13-6-2-1-3-7-13/h1-3,6-7,10-11H,4-5,8-9,12H2. The second-order valence-electron chi connectivity index (χ2n) is 6.14. The van der Waals surface area contributed by atoms with E-state index < -0.39 is 4.92 Å². The highest BCUT2D eigenvalue weighted by Crippen LogP contribution is 2.27. The van der Waals surface area contributed by atoms with Gasteiger partial charge in [0.1, 0.15) is 12.4 Å². The first-order valence-electron chi connectivity index (χ1n) is 8.57. The average molecular weight is 383 g/mol. The normalized spacial score (nSPS) is 14.5. The maximum absolute atomic E-state index is 10.8. The van der Waals surface area contributed by atoms with Gasteiger partial charge in [-0.25, -0.2) is 9.97 Å². The van der Waals surface area contributed by atoms with Gasteiger partial charge in [-0.1, -0.05) is 18.2 Å². The predicted molar refractivity (Wildman–Crippen MR) is 98.7 cm³/mol. The zero-order chi connectivity index (χ0) is 18.6. The molecule has 3 aromatic rings. The van der Waals surface area contributed by atoms with Crippen LogP contribution in [0.25, 0.3) is 5.69 Å². The molecular weight excluding hydrogens is 366 g/mol. The highest BCUT2D eigenvalue weighted by molar-refractivity contribution is 7.99. The van der Waals surface area contributed by atoms with Gasteiger partial charge in [-0.2, -0.15) is 0 Å². The summed E-state index contributed by atoms with van der Waals surface area (Å²) >= 11 is 1.23. The van der Waals surface area contributed by atoms with Crippen molar-refractivity contribution in [2.45, 2.75) is 29.7 Å². The molecule has 9 nitrogen and oxygen atoms in total. The van der Waals surface area contributed by atoms with E-state index in [1.165, 1.54) is 37.0 Å². The van der Waals surface area contributed by atoms with Crippen molar-refractivity contribution in [2.24, 2.45) is 0 Å². The van der Waals surface area contributed by atoms with Gasteiger partial charge in [0.15, 0.2) is 11.0 Å². The van der Waals surface area contributed by atoms with E-state index in [0.717, 1.165) is 31.1 Å². The molecule has 10 heteroatoms. The molecule has 0 amide bonds. The van der Waals surface area contributed by atoms with Gasteiger partial charge in [-0.3, -0.25) is 19.6 Å². The Kier molecular flexibility index (Phi) is 5.07. The molecule has 0 spiro atoms. The highest BCUT2D eigenvalue weighted by atomic mass is 32.2. The van der Waals surface area contributed by atoms with E-state index in [4.69, 9.17) is 0 Å². The van der Waals surface area contributed by atoms with Gasteiger partial charge in [0.2, 0.25) is 5.16 Å². The van der Waals surface area contributed by atoms with Crippen molar-refractivity contribution in [3.05, 3.63) is 58.7 Å². The summed E-state index contributed by atoms with van der Waals surface area (Å²) in [7, 11) is 0. The van der Waals surface area contributed by atoms with Crippen LogP contribution in [0, 0.1) is 10.1 Å². The summed E-state index contributed by atoms with van der Waals surface area (Å²) in [6, 6.07) is 9.88. The molecule has 0 atom stereocenters. The third-order valence-electron chi connectivity index (χ3n) is 4.29. The lowest BCUT2D eigenvalue weighted by atomic mass is 10.3. The third-order valence-corrected chi connectivity index (χ3v) is 5.13. The van der Waals surface area contributed by atoms with Crippen LogP contribution in [0.4, 0.5) is 5.69 Å². The summed E-state index contributed by atoms with van der Waals surface area (Å²) in [5.41, 5.74) is 0.819. The number of aromatic nitrogens is 5. The molecule has 3 heterocycles. The molecular formula is C17H17N7O2S. The molecule has 1 aliphatic rings. The summed E-state index contributed by atoms with van der Waals surface area (Å²) in [6.45, 7) is 2.86. The zero-order valence-electron chi connectivity index (χ0n) is 14.4. The molecule has 27 heavy (non-hydrogen) atoms. The van der Waals surface area contributed by atoms with Gasteiger partial charge in [-0.15, -0.1) is 10.2 Å². The zero-order valence-corrected chi connectivity index (χ0v) is 15.2. The first-order valence-corrected chi connectivity index (χ1v) is 9.39. The number of benzene rings is 1. The minimum absolute atomic E-state index is 0.140. The van der Waals surface area contributed by atoms with E-state index in [9.17, 15) is 10.1 Å². The fraction of sp³-hybridized carbons (Fsp3) is 0.294. The van der Waals surface area contributed by atoms with Crippen LogP contribution in [-0.4, -0.2) is 47.6 Å². The van der Waals surface area contributed by atoms with E-state index in [1.54, 1.807) is 0 Å². The Balaban J connectivity index is 1.65. The molecule has 1 aromatic carbocycles. The number of rotatable bonds is 6. The Morgan fingerprint density at radius 3 is 2.44 bits per heavy atom. The van der Waals surface area contributed by atoms with E-state index in [1.807, 2.05) is 34.9 Å². The number of para-hydroxylation sites is 1. The minimum Gasteiger partial charge on any atom is -0.296 e. The number of hydrogen-bond acceptors (Lipinski definition) is 8. The lowest BCUT2D eigenvalue weighted by Gasteiger charge is -2.15. The first kappa shape index (κ1) is 17.6. The highest BCUT2D eigenvalue weighted by Gasteiger charge is 2.20. The lowest BCUT2D eigenvalue weighted by molar-refractivity contribution is -0.385. The van der Waals surface area contributed by atoms with Crippen molar-refractivity contribution in [2.75, 3.05) is 13.1 Å². The lowest BCUT2D eigenvalue weighted by Crippen LogP contribution is -2.21. The van der Waals surface area contributed by atoms with Crippen molar-refractivity contribution < 1.29 is 4.92 Å². The third kappa shape index (κ3) is 3.96. The van der Waals surface area contributed by atoms with Gasteiger partial charge < -0.3 is 0 Å². The Labute approximate surface area is 159 Å². The maximum atomic E-state index is 10.8. The van der Waals surface area contributed by atoms with Crippen LogP contribution >= 0.6 is 11.8 Å². The Hall–Kier alpha value is -2.85. The average Bonchev–Trinajstić information content (AvgIpc) is 3.33. The Morgan fingerprint density at radius 1 is 1.07 bits per heavy atom. The molecule has 0 aliphatic carbocycles. The van der Waals surface area contributed by atoms with Crippen LogP contribution in [-0.2, 0) is 6.54 Å². The number of hydrogen-bond donors (Lipinski definition) is 0. The summed E-state index contributed by atoms with van der Waals surface area (Å²) in [5, 5.41) is 20.5. The van der Waals surface area contributed by atoms with Gasteiger partial charge in [0, 0.05) is 5.69 Å². The van der Waals surface area contributed by atoms with E-state index in [-0.39, 0.29) is 5.69 Å². The van der Waals surface area contributed by atoms with Crippen LogP contribution in [0.3, 0.4) is 0 Å². The maximum Gasteiger partial charge on any atom is 0.305 e. The second kappa shape index (κ2) is 7.80. The SMILES string of the molecule is O=[N+]([O-])c1cnc(Sc2nnc(CN3CCCC3)n2-c2ccccc2)nc1. The fourth-order valence-electron chi connectivity index (χ4n) is 2.98. The summed E-state index contributed by atoms with van der Waals surface area (Å²) < 4.78 is 1.99. The monoisotopic (exact) mass is 383 g/mol. The summed E-state index contributed by atoms with van der Waals surface area (Å²) in [4.78, 5) is 20.7. The molecule has 0 N–H and O–H groups in total. The van der Waals surface area contributed by atoms with Crippen LogP contribution in [0.15, 0.2) is 53.0 Å². The largest absolute Gasteiger partial charge is 0.305 e. The van der Waals surface area contributed by atoms with Crippen molar-refractivity contribution in [3.63, 3.8) is 0 Å². The molecule has 1 saturated heterocycles.